The van der Waals surface area contributed by atoms with Gasteiger partial charge in [-0.2, -0.15) is 0 Å². The topological polar surface area (TPSA) is 75.6 Å². The Balaban J connectivity index is 1.50. The number of aliphatic hydroxyl groups is 1. The molecule has 2 bridgehead atoms. The molecule has 20 heavy (non-hydrogen) atoms. The van der Waals surface area contributed by atoms with Crippen LogP contribution in [0.4, 0.5) is 0 Å². The van der Waals surface area contributed by atoms with Crippen molar-refractivity contribution in [3.05, 3.63) is 0 Å². The molecule has 0 radical (unpaired) electrons. The van der Waals surface area contributed by atoms with Crippen LogP contribution in [0.5, 0.6) is 0 Å². The largest absolute Gasteiger partial charge is 0.459 e. The average Bonchev–Trinajstić information content (AvgIpc) is 3.04. The van der Waals surface area contributed by atoms with Crippen LogP contribution in [-0.4, -0.2) is 35.2 Å². The summed E-state index contributed by atoms with van der Waals surface area (Å²) in [6.07, 6.45) is 5.40. The highest BCUT2D eigenvalue weighted by molar-refractivity contribution is 5.88. The smallest absolute Gasteiger partial charge is 0.310 e. The predicted molar refractivity (Wildman–Crippen MR) is 69.5 cm³/mol. The van der Waals surface area contributed by atoms with Crippen molar-refractivity contribution in [1.82, 2.24) is 5.32 Å². The zero-order valence-corrected chi connectivity index (χ0v) is 11.5. The van der Waals surface area contributed by atoms with E-state index >= 15 is 0 Å². The van der Waals surface area contributed by atoms with Gasteiger partial charge < -0.3 is 15.2 Å². The lowest BCUT2D eigenvalue weighted by Crippen LogP contribution is -2.48. The standard InChI is InChI=1S/C15H21NO4/c17-12-8-6-9-11(15(19)20-13(9)12)10(8)14(18)16-7-4-2-1-3-5-7/h7-13,17H,1-6H2,(H,16,18)/t8-,9+,10-,11+,12-,13-/m0/s1. The first kappa shape index (κ1) is 12.6. The van der Waals surface area contributed by atoms with Crippen molar-refractivity contribution in [2.45, 2.75) is 56.8 Å². The molecule has 6 atom stereocenters. The number of carbonyl (C=O) groups excluding carboxylic acids is 2. The highest BCUT2D eigenvalue weighted by Gasteiger charge is 2.68. The Morgan fingerprint density at radius 3 is 2.70 bits per heavy atom. The van der Waals surface area contributed by atoms with E-state index in [9.17, 15) is 14.7 Å². The number of esters is 1. The van der Waals surface area contributed by atoms with Gasteiger partial charge in [0, 0.05) is 17.9 Å². The molecule has 3 aliphatic carbocycles. The van der Waals surface area contributed by atoms with E-state index < -0.39 is 6.10 Å². The maximum absolute atomic E-state index is 12.6. The van der Waals surface area contributed by atoms with E-state index in [1.807, 2.05) is 0 Å². The van der Waals surface area contributed by atoms with Gasteiger partial charge in [0.2, 0.25) is 5.91 Å². The van der Waals surface area contributed by atoms with Gasteiger partial charge in [0.25, 0.3) is 0 Å². The Morgan fingerprint density at radius 2 is 1.95 bits per heavy atom. The second-order valence-electron chi connectivity index (χ2n) is 6.85. The van der Waals surface area contributed by atoms with Crippen molar-refractivity contribution >= 4 is 11.9 Å². The van der Waals surface area contributed by atoms with E-state index in [1.54, 1.807) is 0 Å². The van der Waals surface area contributed by atoms with Crippen LogP contribution in [0.2, 0.25) is 0 Å². The first-order chi connectivity index (χ1) is 9.66. The maximum Gasteiger partial charge on any atom is 0.310 e. The molecule has 5 nitrogen and oxygen atoms in total. The van der Waals surface area contributed by atoms with Crippen LogP contribution < -0.4 is 5.32 Å². The summed E-state index contributed by atoms with van der Waals surface area (Å²) in [6.45, 7) is 0. The zero-order chi connectivity index (χ0) is 13.9. The van der Waals surface area contributed by atoms with Crippen molar-refractivity contribution in [2.24, 2.45) is 23.7 Å². The number of amides is 1. The fourth-order valence-electron chi connectivity index (χ4n) is 4.92. The lowest BCUT2D eigenvalue weighted by Gasteiger charge is -2.30. The van der Waals surface area contributed by atoms with Crippen molar-refractivity contribution in [3.63, 3.8) is 0 Å². The van der Waals surface area contributed by atoms with Gasteiger partial charge in [0.1, 0.15) is 6.10 Å². The Kier molecular flexibility index (Phi) is 2.81. The lowest BCUT2D eigenvalue weighted by atomic mass is 9.77. The van der Waals surface area contributed by atoms with E-state index in [0.29, 0.717) is 0 Å². The minimum atomic E-state index is -0.648. The molecule has 0 aromatic heterocycles. The second kappa shape index (κ2) is 4.45. The number of aliphatic hydroxyl groups excluding tert-OH is 1. The second-order valence-corrected chi connectivity index (χ2v) is 6.85. The highest BCUT2D eigenvalue weighted by Crippen LogP contribution is 2.57. The third kappa shape index (κ3) is 1.65. The SMILES string of the molecule is O=C1O[C@@H]2[C@@H](O)[C@H]3C[C@@H]2[C@@H]1[C@H]3C(=O)NC1CCCCC1. The monoisotopic (exact) mass is 279 g/mol. The van der Waals surface area contributed by atoms with Crippen LogP contribution in [0.15, 0.2) is 0 Å². The maximum atomic E-state index is 12.6. The molecule has 0 aromatic carbocycles. The van der Waals surface area contributed by atoms with Gasteiger partial charge in [-0.3, -0.25) is 9.59 Å². The molecule has 3 saturated carbocycles. The number of rotatable bonds is 2. The summed E-state index contributed by atoms with van der Waals surface area (Å²) in [5.74, 6) is -1.02. The van der Waals surface area contributed by atoms with E-state index in [0.717, 1.165) is 32.1 Å². The fraction of sp³-hybridized carbons (Fsp3) is 0.867. The molecule has 4 aliphatic rings. The van der Waals surface area contributed by atoms with Crippen LogP contribution >= 0.6 is 0 Å². The van der Waals surface area contributed by atoms with Gasteiger partial charge in [-0.15, -0.1) is 0 Å². The normalized spacial score (nSPS) is 46.5. The fourth-order valence-corrected chi connectivity index (χ4v) is 4.92. The van der Waals surface area contributed by atoms with Crippen molar-refractivity contribution in [1.29, 1.82) is 0 Å². The number of fused-ring (bicyclic) bond motifs is 1. The van der Waals surface area contributed by atoms with Crippen LogP contribution in [0, 0.1) is 23.7 Å². The molecule has 1 saturated heterocycles. The minimum Gasteiger partial charge on any atom is -0.459 e. The molecule has 0 aromatic rings. The number of nitrogens with one attached hydrogen (secondary N) is 1. The Morgan fingerprint density at radius 1 is 1.20 bits per heavy atom. The number of carbonyl (C=O) groups is 2. The molecule has 2 N–H and O–H groups in total. The van der Waals surface area contributed by atoms with E-state index in [1.165, 1.54) is 6.42 Å². The van der Waals surface area contributed by atoms with Crippen LogP contribution in [0.1, 0.15) is 38.5 Å². The summed E-state index contributed by atoms with van der Waals surface area (Å²) in [4.78, 5) is 24.5. The third-order valence-corrected chi connectivity index (χ3v) is 5.83. The lowest BCUT2D eigenvalue weighted by molar-refractivity contribution is -0.147. The van der Waals surface area contributed by atoms with Gasteiger partial charge in [0.05, 0.1) is 17.9 Å². The van der Waals surface area contributed by atoms with E-state index in [4.69, 9.17) is 4.74 Å². The molecule has 110 valence electrons. The third-order valence-electron chi connectivity index (χ3n) is 5.83. The Bertz CT molecular complexity index is 445. The summed E-state index contributed by atoms with van der Waals surface area (Å²) in [5.41, 5.74) is 0. The number of hydrogen-bond donors (Lipinski definition) is 2. The zero-order valence-electron chi connectivity index (χ0n) is 11.5. The summed E-state index contributed by atoms with van der Waals surface area (Å²) in [6, 6.07) is 0.251. The van der Waals surface area contributed by atoms with Crippen molar-refractivity contribution in [3.8, 4) is 0 Å². The van der Waals surface area contributed by atoms with Gasteiger partial charge in [-0.25, -0.2) is 0 Å². The van der Waals surface area contributed by atoms with Crippen LogP contribution in [0.25, 0.3) is 0 Å². The van der Waals surface area contributed by atoms with Gasteiger partial charge >= 0.3 is 5.97 Å². The summed E-state index contributed by atoms with van der Waals surface area (Å²) in [5, 5.41) is 13.3. The molecule has 1 heterocycles. The summed E-state index contributed by atoms with van der Waals surface area (Å²) < 4.78 is 5.25. The van der Waals surface area contributed by atoms with Crippen LogP contribution in [0.3, 0.4) is 0 Å². The summed E-state index contributed by atoms with van der Waals surface area (Å²) >= 11 is 0. The minimum absolute atomic E-state index is 0.0363. The highest BCUT2D eigenvalue weighted by atomic mass is 16.6. The number of ether oxygens (including phenoxy) is 1. The predicted octanol–water partition coefficient (Wildman–Crippen LogP) is 0.604. The Labute approximate surface area is 118 Å². The molecule has 1 aliphatic heterocycles. The average molecular weight is 279 g/mol. The van der Waals surface area contributed by atoms with E-state index in [2.05, 4.69) is 5.32 Å². The van der Waals surface area contributed by atoms with Crippen LogP contribution in [-0.2, 0) is 14.3 Å². The Hall–Kier alpha value is -1.10. The molecule has 0 spiro atoms. The van der Waals surface area contributed by atoms with Gasteiger partial charge in [-0.1, -0.05) is 19.3 Å². The van der Waals surface area contributed by atoms with Gasteiger partial charge in [-0.05, 0) is 19.3 Å². The quantitative estimate of drug-likeness (QED) is 0.726. The molecular formula is C15H21NO4. The summed E-state index contributed by atoms with van der Waals surface area (Å²) in [7, 11) is 0. The van der Waals surface area contributed by atoms with E-state index in [-0.39, 0.29) is 47.7 Å². The van der Waals surface area contributed by atoms with Crippen molar-refractivity contribution in [2.75, 3.05) is 0 Å². The number of hydrogen-bond acceptors (Lipinski definition) is 4. The molecule has 0 unspecified atom stereocenters. The van der Waals surface area contributed by atoms with Crippen molar-refractivity contribution < 1.29 is 19.4 Å². The molecule has 4 fully saturated rings. The first-order valence-corrected chi connectivity index (χ1v) is 7.86. The molecule has 1 amide bonds. The molecular weight excluding hydrogens is 258 g/mol. The molecule has 4 rings (SSSR count). The molecule has 5 heteroatoms. The van der Waals surface area contributed by atoms with Gasteiger partial charge in [0.15, 0.2) is 0 Å². The first-order valence-electron chi connectivity index (χ1n) is 7.86.